The van der Waals surface area contributed by atoms with Crippen LogP contribution in [0.25, 0.3) is 0 Å². The third-order valence-electron chi connectivity index (χ3n) is 8.74. The van der Waals surface area contributed by atoms with Crippen molar-refractivity contribution in [2.75, 3.05) is 0 Å². The molecule has 6 atom stereocenters. The minimum atomic E-state index is -1.39. The van der Waals surface area contributed by atoms with Crippen LogP contribution in [0, 0.1) is 29.6 Å². The third-order valence-corrected chi connectivity index (χ3v) is 8.74. The Morgan fingerprint density at radius 3 is 2.71 bits per heavy atom. The van der Waals surface area contributed by atoms with Gasteiger partial charge in [-0.05, 0) is 98.8 Å². The molecule has 3 heteroatoms. The third kappa shape index (κ3) is 2.50. The first-order valence-corrected chi connectivity index (χ1v) is 11.1. The zero-order chi connectivity index (χ0) is 19.5. The summed E-state index contributed by atoms with van der Waals surface area (Å²) in [4.78, 5) is 0. The Hall–Kier alpha value is -1.50. The topological polar surface area (TPSA) is 49.7 Å². The van der Waals surface area contributed by atoms with E-state index in [0.29, 0.717) is 24.4 Å². The van der Waals surface area contributed by atoms with Crippen LogP contribution in [0.1, 0.15) is 75.3 Å². The number of aliphatic hydroxyl groups excluding tert-OH is 1. The average Bonchev–Trinajstić information content (AvgIpc) is 3.27. The van der Waals surface area contributed by atoms with E-state index in [1.54, 1.807) is 0 Å². The molecule has 3 nitrogen and oxygen atoms in total. The normalized spacial score (nSPS) is 42.4. The predicted octanol–water partition coefficient (Wildman–Crippen LogP) is 4.20. The highest BCUT2D eigenvalue weighted by Crippen LogP contribution is 2.64. The molecule has 0 aliphatic heterocycles. The van der Waals surface area contributed by atoms with Gasteiger partial charge >= 0.3 is 0 Å². The van der Waals surface area contributed by atoms with Crippen molar-refractivity contribution >= 4 is 0 Å². The van der Waals surface area contributed by atoms with Crippen LogP contribution in [0.4, 0.5) is 0 Å². The molecule has 1 aromatic rings. The second-order valence-electron chi connectivity index (χ2n) is 9.92. The second kappa shape index (κ2) is 6.51. The Morgan fingerprint density at radius 2 is 1.96 bits per heavy atom. The van der Waals surface area contributed by atoms with Crippen molar-refractivity contribution in [2.45, 2.75) is 88.4 Å². The monoisotopic (exact) mass is 380 g/mol. The number of hydrogen-bond donors (Lipinski definition) is 2. The average molecular weight is 381 g/mol. The van der Waals surface area contributed by atoms with Gasteiger partial charge in [0.25, 0.3) is 0 Å². The fourth-order valence-corrected chi connectivity index (χ4v) is 7.11. The predicted molar refractivity (Wildman–Crippen MR) is 109 cm³/mol. The summed E-state index contributed by atoms with van der Waals surface area (Å²) in [6, 6.07) is 6.73. The number of terminal acetylenes is 1. The number of hydrogen-bond acceptors (Lipinski definition) is 3. The van der Waals surface area contributed by atoms with Gasteiger partial charge in [0.1, 0.15) is 5.75 Å². The molecule has 0 amide bonds. The molecule has 4 aliphatic rings. The van der Waals surface area contributed by atoms with Crippen molar-refractivity contribution < 1.29 is 14.9 Å². The molecule has 0 aromatic heterocycles. The van der Waals surface area contributed by atoms with E-state index in [4.69, 9.17) is 11.2 Å². The Balaban J connectivity index is 1.41. The first-order valence-electron chi connectivity index (χ1n) is 11.1. The van der Waals surface area contributed by atoms with Gasteiger partial charge in [0, 0.05) is 5.41 Å². The second-order valence-corrected chi connectivity index (χ2v) is 9.92. The number of aliphatic hydroxyl groups is 2. The molecule has 0 heterocycles. The maximum Gasteiger partial charge on any atom is 0.156 e. The minimum absolute atomic E-state index is 0.282. The summed E-state index contributed by atoms with van der Waals surface area (Å²) in [6.07, 6.45) is 14.9. The van der Waals surface area contributed by atoms with Gasteiger partial charge in [0.15, 0.2) is 5.60 Å². The minimum Gasteiger partial charge on any atom is -0.490 e. The Kier molecular flexibility index (Phi) is 4.30. The van der Waals surface area contributed by atoms with Crippen molar-refractivity contribution in [3.05, 3.63) is 29.3 Å². The number of aryl methyl sites for hydroxylation is 1. The van der Waals surface area contributed by atoms with E-state index in [9.17, 15) is 10.2 Å². The molecule has 4 aliphatic carbocycles. The zero-order valence-electron chi connectivity index (χ0n) is 16.9. The number of benzene rings is 1. The van der Waals surface area contributed by atoms with Crippen LogP contribution in [-0.2, 0) is 6.42 Å². The molecule has 3 saturated carbocycles. The first-order chi connectivity index (χ1) is 13.5. The van der Waals surface area contributed by atoms with Gasteiger partial charge in [-0.25, -0.2) is 0 Å². The molecule has 5 rings (SSSR count). The lowest BCUT2D eigenvalue weighted by Crippen LogP contribution is -2.53. The first kappa shape index (κ1) is 18.5. The smallest absolute Gasteiger partial charge is 0.156 e. The van der Waals surface area contributed by atoms with E-state index in [0.717, 1.165) is 31.4 Å². The van der Waals surface area contributed by atoms with E-state index in [2.05, 4.69) is 31.0 Å². The molecule has 0 saturated heterocycles. The summed E-state index contributed by atoms with van der Waals surface area (Å²) in [7, 11) is 0. The van der Waals surface area contributed by atoms with Crippen LogP contribution in [0.2, 0.25) is 0 Å². The standard InChI is InChI=1S/C25H32O3/c1-3-25(27)23(26)15-22-21-10-8-16-14-18(28-17-6-4-5-7-17)9-11-19(16)20(21)12-13-24(22,25)2/h1,9,11,14,17,20-23,26-27H,4-8,10,12-13,15H2,2H3/t20-,21-,22+,23-,24?,25+/m1/s1. The van der Waals surface area contributed by atoms with Crippen LogP contribution in [0.3, 0.4) is 0 Å². The summed E-state index contributed by atoms with van der Waals surface area (Å²) in [5.41, 5.74) is 1.13. The van der Waals surface area contributed by atoms with E-state index in [1.165, 1.54) is 36.8 Å². The Bertz CT molecular complexity index is 805. The molecule has 1 unspecified atom stereocenters. The lowest BCUT2D eigenvalue weighted by molar-refractivity contribution is -0.101. The lowest BCUT2D eigenvalue weighted by Gasteiger charge is -2.52. The molecular weight excluding hydrogens is 348 g/mol. The quantitative estimate of drug-likeness (QED) is 0.756. The summed E-state index contributed by atoms with van der Waals surface area (Å²) in [5, 5.41) is 21.7. The van der Waals surface area contributed by atoms with Gasteiger partial charge in [-0.15, -0.1) is 6.42 Å². The van der Waals surface area contributed by atoms with Gasteiger partial charge in [-0.1, -0.05) is 18.9 Å². The zero-order valence-corrected chi connectivity index (χ0v) is 16.9. The van der Waals surface area contributed by atoms with Gasteiger partial charge < -0.3 is 14.9 Å². The van der Waals surface area contributed by atoms with E-state index >= 15 is 0 Å². The maximum absolute atomic E-state index is 11.1. The summed E-state index contributed by atoms with van der Waals surface area (Å²) < 4.78 is 6.23. The maximum atomic E-state index is 11.1. The number of rotatable bonds is 2. The van der Waals surface area contributed by atoms with Crippen molar-refractivity contribution in [1.29, 1.82) is 0 Å². The SMILES string of the molecule is C#C[C@]1(O)[C@H](O)C[C@H]2[C@@H]3CCc4cc(OC5CCCC5)ccc4[C@H]3CCC21C. The summed E-state index contributed by atoms with van der Waals surface area (Å²) in [6.45, 7) is 2.11. The number of ether oxygens (including phenoxy) is 1. The van der Waals surface area contributed by atoms with Crippen molar-refractivity contribution in [1.82, 2.24) is 0 Å². The molecule has 0 bridgehead atoms. The van der Waals surface area contributed by atoms with Crippen LogP contribution < -0.4 is 4.74 Å². The van der Waals surface area contributed by atoms with Crippen LogP contribution >= 0.6 is 0 Å². The van der Waals surface area contributed by atoms with Gasteiger partial charge in [0.2, 0.25) is 0 Å². The van der Waals surface area contributed by atoms with Crippen LogP contribution in [0.5, 0.6) is 5.75 Å². The van der Waals surface area contributed by atoms with Crippen LogP contribution in [0.15, 0.2) is 18.2 Å². The van der Waals surface area contributed by atoms with Gasteiger partial charge in [-0.2, -0.15) is 0 Å². The largest absolute Gasteiger partial charge is 0.490 e. The lowest BCUT2D eigenvalue weighted by atomic mass is 9.53. The highest BCUT2D eigenvalue weighted by Gasteiger charge is 2.65. The molecule has 1 aromatic carbocycles. The molecule has 0 radical (unpaired) electrons. The fourth-order valence-electron chi connectivity index (χ4n) is 7.11. The van der Waals surface area contributed by atoms with E-state index < -0.39 is 11.7 Å². The molecule has 0 spiro atoms. The molecule has 150 valence electrons. The highest BCUT2D eigenvalue weighted by atomic mass is 16.5. The van der Waals surface area contributed by atoms with Crippen LogP contribution in [-0.4, -0.2) is 28.0 Å². The number of fused-ring (bicyclic) bond motifs is 5. The molecule has 28 heavy (non-hydrogen) atoms. The van der Waals surface area contributed by atoms with E-state index in [1.807, 2.05) is 0 Å². The summed E-state index contributed by atoms with van der Waals surface area (Å²) in [5.74, 6) is 4.89. The van der Waals surface area contributed by atoms with E-state index in [-0.39, 0.29) is 11.3 Å². The Morgan fingerprint density at radius 1 is 1.18 bits per heavy atom. The highest BCUT2D eigenvalue weighted by molar-refractivity contribution is 5.41. The van der Waals surface area contributed by atoms with Crippen molar-refractivity contribution in [3.8, 4) is 18.1 Å². The summed E-state index contributed by atoms with van der Waals surface area (Å²) >= 11 is 0. The van der Waals surface area contributed by atoms with Crippen molar-refractivity contribution in [3.63, 3.8) is 0 Å². The van der Waals surface area contributed by atoms with Gasteiger partial charge in [0.05, 0.1) is 12.2 Å². The Labute approximate surface area is 168 Å². The fraction of sp³-hybridized carbons (Fsp3) is 0.680. The molecular formula is C25H32O3. The molecule has 3 fully saturated rings. The van der Waals surface area contributed by atoms with Crippen molar-refractivity contribution in [2.24, 2.45) is 17.3 Å². The van der Waals surface area contributed by atoms with Gasteiger partial charge in [-0.3, -0.25) is 0 Å². The molecule has 2 N–H and O–H groups in total.